The van der Waals surface area contributed by atoms with Crippen LogP contribution in [0.2, 0.25) is 0 Å². The summed E-state index contributed by atoms with van der Waals surface area (Å²) in [6.45, 7) is 1.73. The number of ether oxygens (including phenoxy) is 1. The monoisotopic (exact) mass is 426 g/mol. The Kier molecular flexibility index (Phi) is 4.93. The van der Waals surface area contributed by atoms with E-state index >= 15 is 0 Å². The average Bonchev–Trinajstić information content (AvgIpc) is 3.53. The van der Waals surface area contributed by atoms with Gasteiger partial charge in [0.25, 0.3) is 0 Å². The molecule has 1 aliphatic carbocycles. The molecule has 2 aromatic rings. The van der Waals surface area contributed by atoms with Gasteiger partial charge in [-0.2, -0.15) is 13.2 Å². The van der Waals surface area contributed by atoms with Crippen molar-refractivity contribution in [3.63, 3.8) is 0 Å². The predicted octanol–water partition coefficient (Wildman–Crippen LogP) is 4.46. The number of sulfone groups is 1. The van der Waals surface area contributed by atoms with E-state index in [4.69, 9.17) is 4.74 Å². The van der Waals surface area contributed by atoms with Crippen molar-refractivity contribution in [3.8, 4) is 0 Å². The van der Waals surface area contributed by atoms with Gasteiger partial charge in [0.05, 0.1) is 32.8 Å². The van der Waals surface area contributed by atoms with E-state index in [2.05, 4.69) is 9.97 Å². The largest absolute Gasteiger partial charge is 0.416 e. The summed E-state index contributed by atoms with van der Waals surface area (Å²) < 4.78 is 70.1. The molecule has 2 fully saturated rings. The number of hydrogen-bond acceptors (Lipinski definition) is 5. The molecule has 2 unspecified atom stereocenters. The van der Waals surface area contributed by atoms with Gasteiger partial charge in [0.1, 0.15) is 6.10 Å². The van der Waals surface area contributed by atoms with Gasteiger partial charge in [-0.05, 0) is 50.8 Å². The van der Waals surface area contributed by atoms with Gasteiger partial charge in [0.15, 0.2) is 9.84 Å². The minimum absolute atomic E-state index is 0.100. The lowest BCUT2D eigenvalue weighted by atomic mass is 9.95. The van der Waals surface area contributed by atoms with Gasteiger partial charge in [-0.3, -0.25) is 9.97 Å². The van der Waals surface area contributed by atoms with Crippen LogP contribution in [0.3, 0.4) is 0 Å². The van der Waals surface area contributed by atoms with E-state index in [9.17, 15) is 21.6 Å². The van der Waals surface area contributed by atoms with Gasteiger partial charge >= 0.3 is 6.18 Å². The fourth-order valence-corrected chi connectivity index (χ4v) is 5.46. The first kappa shape index (κ1) is 20.3. The maximum Gasteiger partial charge on any atom is 0.416 e. The van der Waals surface area contributed by atoms with E-state index in [0.29, 0.717) is 17.7 Å². The lowest BCUT2D eigenvalue weighted by molar-refractivity contribution is -0.137. The number of benzene rings is 1. The van der Waals surface area contributed by atoms with Crippen molar-refractivity contribution in [3.05, 3.63) is 53.6 Å². The summed E-state index contributed by atoms with van der Waals surface area (Å²) >= 11 is 0. The molecule has 1 saturated heterocycles. The molecule has 1 aromatic carbocycles. The van der Waals surface area contributed by atoms with E-state index < -0.39 is 32.4 Å². The van der Waals surface area contributed by atoms with Crippen molar-refractivity contribution in [2.45, 2.75) is 60.4 Å². The Bertz CT molecular complexity index is 1000. The van der Waals surface area contributed by atoms with Crippen LogP contribution in [0.15, 0.2) is 41.6 Å². The third-order valence-electron chi connectivity index (χ3n) is 5.70. The standard InChI is InChI=1S/C20H21F3N2O3S/c1-19(29(26,27)15-4-2-3-14(9-15)20(21,22)23)7-8-28-18(10-19)17-12-24-16(11-25-17)13-5-6-13/h2-4,9,11-13,18H,5-8,10H2,1H3. The third kappa shape index (κ3) is 3.90. The molecule has 156 valence electrons. The van der Waals surface area contributed by atoms with Gasteiger partial charge < -0.3 is 4.74 Å². The van der Waals surface area contributed by atoms with Gasteiger partial charge in [-0.25, -0.2) is 8.42 Å². The van der Waals surface area contributed by atoms with Gasteiger partial charge in [0, 0.05) is 18.7 Å². The number of hydrogen-bond donors (Lipinski definition) is 0. The zero-order valence-electron chi connectivity index (χ0n) is 15.8. The Hall–Kier alpha value is -2.00. The van der Waals surface area contributed by atoms with E-state index in [-0.39, 0.29) is 24.3 Å². The summed E-state index contributed by atoms with van der Waals surface area (Å²) in [5, 5.41) is 0. The van der Waals surface area contributed by atoms with Gasteiger partial charge in [0.2, 0.25) is 0 Å². The highest BCUT2D eigenvalue weighted by Gasteiger charge is 2.46. The molecule has 0 N–H and O–H groups in total. The zero-order chi connectivity index (χ0) is 20.9. The summed E-state index contributed by atoms with van der Waals surface area (Å²) in [5.74, 6) is 0.454. The maximum absolute atomic E-state index is 13.3. The van der Waals surface area contributed by atoms with Crippen LogP contribution >= 0.6 is 0 Å². The molecule has 0 radical (unpaired) electrons. The molecule has 9 heteroatoms. The first-order chi connectivity index (χ1) is 13.6. The molecule has 1 saturated carbocycles. The van der Waals surface area contributed by atoms with Gasteiger partial charge in [-0.1, -0.05) is 6.07 Å². The number of nitrogens with zero attached hydrogens (tertiary/aromatic N) is 2. The summed E-state index contributed by atoms with van der Waals surface area (Å²) in [6.07, 6.45) is 0.616. The van der Waals surface area contributed by atoms with Gasteiger partial charge in [-0.15, -0.1) is 0 Å². The fraction of sp³-hybridized carbons (Fsp3) is 0.500. The van der Waals surface area contributed by atoms with Crippen molar-refractivity contribution in [2.75, 3.05) is 6.61 Å². The lowest BCUT2D eigenvalue weighted by Crippen LogP contribution is -2.42. The van der Waals surface area contributed by atoms with E-state index in [1.807, 2.05) is 0 Å². The molecule has 0 amide bonds. The summed E-state index contributed by atoms with van der Waals surface area (Å²) in [4.78, 5) is 8.48. The molecule has 0 bridgehead atoms. The van der Waals surface area contributed by atoms with E-state index in [1.165, 1.54) is 6.07 Å². The minimum atomic E-state index is -4.61. The fourth-order valence-electron chi connectivity index (χ4n) is 3.63. The molecular weight excluding hydrogens is 405 g/mol. The second-order valence-electron chi connectivity index (χ2n) is 7.93. The molecular formula is C20H21F3N2O3S. The van der Waals surface area contributed by atoms with E-state index in [0.717, 1.165) is 30.7 Å². The Morgan fingerprint density at radius 3 is 2.45 bits per heavy atom. The van der Waals surface area contributed by atoms with Crippen molar-refractivity contribution >= 4 is 9.84 Å². The first-order valence-electron chi connectivity index (χ1n) is 9.45. The third-order valence-corrected chi connectivity index (χ3v) is 8.25. The van der Waals surface area contributed by atoms with Crippen molar-refractivity contribution in [1.82, 2.24) is 9.97 Å². The van der Waals surface area contributed by atoms with Crippen LogP contribution in [0, 0.1) is 0 Å². The number of halogens is 3. The van der Waals surface area contributed by atoms with Crippen molar-refractivity contribution < 1.29 is 26.3 Å². The Morgan fingerprint density at radius 1 is 1.14 bits per heavy atom. The van der Waals surface area contributed by atoms with Crippen LogP contribution < -0.4 is 0 Å². The van der Waals surface area contributed by atoms with Crippen LogP contribution in [0.4, 0.5) is 13.2 Å². The lowest BCUT2D eigenvalue weighted by Gasteiger charge is -2.37. The molecule has 1 aliphatic heterocycles. The molecule has 5 nitrogen and oxygen atoms in total. The molecule has 0 spiro atoms. The van der Waals surface area contributed by atoms with Crippen LogP contribution in [-0.4, -0.2) is 29.7 Å². The first-order valence-corrected chi connectivity index (χ1v) is 10.9. The predicted molar refractivity (Wildman–Crippen MR) is 99.0 cm³/mol. The number of alkyl halides is 3. The molecule has 4 rings (SSSR count). The second-order valence-corrected chi connectivity index (χ2v) is 10.4. The molecule has 29 heavy (non-hydrogen) atoms. The summed E-state index contributed by atoms with van der Waals surface area (Å²) in [7, 11) is -4.03. The Labute approximate surface area is 167 Å². The molecule has 1 aromatic heterocycles. The smallest absolute Gasteiger partial charge is 0.372 e. The molecule has 2 heterocycles. The maximum atomic E-state index is 13.3. The summed E-state index contributed by atoms with van der Waals surface area (Å²) in [6, 6.07) is 3.91. The van der Waals surface area contributed by atoms with Crippen LogP contribution in [0.25, 0.3) is 0 Å². The minimum Gasteiger partial charge on any atom is -0.372 e. The highest BCUT2D eigenvalue weighted by atomic mass is 32.2. The van der Waals surface area contributed by atoms with E-state index in [1.54, 1.807) is 19.3 Å². The SMILES string of the molecule is CC1(S(=O)(=O)c2cccc(C(F)(F)F)c2)CCOC(c2cnc(C3CC3)cn2)C1. The normalized spacial score (nSPS) is 25.7. The molecule has 2 atom stereocenters. The Morgan fingerprint density at radius 2 is 1.83 bits per heavy atom. The Balaban J connectivity index is 1.61. The number of aromatic nitrogens is 2. The van der Waals surface area contributed by atoms with Crippen LogP contribution in [0.1, 0.15) is 61.6 Å². The second kappa shape index (κ2) is 7.05. The average molecular weight is 426 g/mol. The summed E-state index contributed by atoms with van der Waals surface area (Å²) in [5.41, 5.74) is 0.482. The van der Waals surface area contributed by atoms with Crippen LogP contribution in [-0.2, 0) is 20.8 Å². The van der Waals surface area contributed by atoms with Crippen molar-refractivity contribution in [2.24, 2.45) is 0 Å². The zero-order valence-corrected chi connectivity index (χ0v) is 16.6. The highest BCUT2D eigenvalue weighted by molar-refractivity contribution is 7.92. The highest BCUT2D eigenvalue weighted by Crippen LogP contribution is 2.43. The molecule has 2 aliphatic rings. The topological polar surface area (TPSA) is 69.2 Å². The van der Waals surface area contributed by atoms with Crippen LogP contribution in [0.5, 0.6) is 0 Å². The van der Waals surface area contributed by atoms with Crippen molar-refractivity contribution in [1.29, 1.82) is 0 Å². The quantitative estimate of drug-likeness (QED) is 0.722. The number of rotatable bonds is 4.